The van der Waals surface area contributed by atoms with Crippen LogP contribution in [0.2, 0.25) is 0 Å². The zero-order valence-corrected chi connectivity index (χ0v) is 16.4. The molecule has 8 heteroatoms. The Labute approximate surface area is 174 Å². The maximum Gasteiger partial charge on any atom is 0.255 e. The minimum atomic E-state index is -0.304. The molecule has 3 aromatic rings. The number of methoxy groups -OCH3 is 1. The molecule has 3 N–H and O–H groups in total. The van der Waals surface area contributed by atoms with Gasteiger partial charge in [0.05, 0.1) is 25.0 Å². The molecule has 0 radical (unpaired) electrons. The van der Waals surface area contributed by atoms with E-state index in [1.54, 1.807) is 68.0 Å². The van der Waals surface area contributed by atoms with Gasteiger partial charge in [0, 0.05) is 24.0 Å². The van der Waals surface area contributed by atoms with Gasteiger partial charge in [0.15, 0.2) is 0 Å². The molecule has 0 fully saturated rings. The lowest BCUT2D eigenvalue weighted by atomic mass is 10.1. The SMILES string of the molecule is COc1ccc(N)c(NC(=O)c2ccc(CN(C=O)OCc3cccnc3)cc2)c1. The van der Waals surface area contributed by atoms with E-state index < -0.39 is 0 Å². The minimum absolute atomic E-state index is 0.231. The van der Waals surface area contributed by atoms with E-state index in [1.807, 2.05) is 6.07 Å². The number of rotatable bonds is 9. The van der Waals surface area contributed by atoms with Gasteiger partial charge in [-0.3, -0.25) is 19.4 Å². The Kier molecular flexibility index (Phi) is 6.96. The fraction of sp³-hybridized carbons (Fsp3) is 0.136. The van der Waals surface area contributed by atoms with Crippen molar-refractivity contribution < 1.29 is 19.2 Å². The van der Waals surface area contributed by atoms with Gasteiger partial charge in [-0.05, 0) is 41.5 Å². The summed E-state index contributed by atoms with van der Waals surface area (Å²) < 4.78 is 5.15. The predicted molar refractivity (Wildman–Crippen MR) is 112 cm³/mol. The molecular weight excluding hydrogens is 384 g/mol. The van der Waals surface area contributed by atoms with Gasteiger partial charge in [0.25, 0.3) is 5.91 Å². The smallest absolute Gasteiger partial charge is 0.255 e. The monoisotopic (exact) mass is 406 g/mol. The molecule has 0 unspecified atom stereocenters. The maximum absolute atomic E-state index is 12.5. The van der Waals surface area contributed by atoms with Crippen molar-refractivity contribution in [3.05, 3.63) is 83.7 Å². The molecule has 0 aliphatic heterocycles. The number of hydrogen-bond donors (Lipinski definition) is 2. The van der Waals surface area contributed by atoms with Gasteiger partial charge in [-0.25, -0.2) is 5.06 Å². The van der Waals surface area contributed by atoms with Crippen LogP contribution < -0.4 is 15.8 Å². The van der Waals surface area contributed by atoms with Crippen LogP contribution in [0.4, 0.5) is 11.4 Å². The number of nitrogens with zero attached hydrogens (tertiary/aromatic N) is 2. The number of pyridine rings is 1. The highest BCUT2D eigenvalue weighted by Gasteiger charge is 2.10. The van der Waals surface area contributed by atoms with Crippen LogP contribution in [0, 0.1) is 0 Å². The molecule has 3 rings (SSSR count). The van der Waals surface area contributed by atoms with E-state index in [2.05, 4.69) is 10.3 Å². The summed E-state index contributed by atoms with van der Waals surface area (Å²) in [6, 6.07) is 15.6. The average molecular weight is 406 g/mol. The van der Waals surface area contributed by atoms with E-state index in [0.29, 0.717) is 29.1 Å². The first kappa shape index (κ1) is 20.8. The Morgan fingerprint density at radius 3 is 2.63 bits per heavy atom. The van der Waals surface area contributed by atoms with E-state index in [0.717, 1.165) is 11.1 Å². The Balaban J connectivity index is 1.59. The topological polar surface area (TPSA) is 107 Å². The second-order valence-electron chi connectivity index (χ2n) is 6.42. The summed E-state index contributed by atoms with van der Waals surface area (Å²) in [7, 11) is 1.54. The van der Waals surface area contributed by atoms with Crippen molar-refractivity contribution in [3.63, 3.8) is 0 Å². The van der Waals surface area contributed by atoms with Crippen molar-refractivity contribution in [2.75, 3.05) is 18.2 Å². The number of hydrogen-bond acceptors (Lipinski definition) is 6. The van der Waals surface area contributed by atoms with Crippen molar-refractivity contribution in [1.29, 1.82) is 0 Å². The molecule has 30 heavy (non-hydrogen) atoms. The lowest BCUT2D eigenvalue weighted by Crippen LogP contribution is -2.22. The predicted octanol–water partition coefficient (Wildman–Crippen LogP) is 3.01. The fourth-order valence-corrected chi connectivity index (χ4v) is 2.66. The standard InChI is InChI=1S/C22H22N4O4/c1-29-19-8-9-20(23)21(11-19)25-22(28)18-6-4-16(5-7-18)13-26(15-27)30-14-17-3-2-10-24-12-17/h2-12,15H,13-14,23H2,1H3,(H,25,28). The van der Waals surface area contributed by atoms with Crippen LogP contribution >= 0.6 is 0 Å². The number of nitrogens with two attached hydrogens (primary N) is 1. The Bertz CT molecular complexity index is 994. The normalized spacial score (nSPS) is 10.3. The first-order chi connectivity index (χ1) is 14.6. The third-order valence-electron chi connectivity index (χ3n) is 4.30. The van der Waals surface area contributed by atoms with Crippen LogP contribution in [0.5, 0.6) is 5.75 Å². The lowest BCUT2D eigenvalue weighted by molar-refractivity contribution is -0.181. The van der Waals surface area contributed by atoms with Crippen molar-refractivity contribution in [3.8, 4) is 5.75 Å². The lowest BCUT2D eigenvalue weighted by Gasteiger charge is -2.17. The molecule has 0 saturated heterocycles. The summed E-state index contributed by atoms with van der Waals surface area (Å²) in [5.74, 6) is 0.289. The molecular formula is C22H22N4O4. The van der Waals surface area contributed by atoms with Gasteiger partial charge in [0.2, 0.25) is 6.41 Å². The van der Waals surface area contributed by atoms with Crippen molar-refractivity contribution in [2.45, 2.75) is 13.2 Å². The summed E-state index contributed by atoms with van der Waals surface area (Å²) in [4.78, 5) is 33.3. The maximum atomic E-state index is 12.5. The number of ether oxygens (including phenoxy) is 1. The van der Waals surface area contributed by atoms with Crippen molar-refractivity contribution >= 4 is 23.7 Å². The number of carbonyl (C=O) groups is 2. The van der Waals surface area contributed by atoms with Gasteiger partial charge in [-0.1, -0.05) is 18.2 Å². The van der Waals surface area contributed by atoms with Gasteiger partial charge < -0.3 is 15.8 Å². The summed E-state index contributed by atoms with van der Waals surface area (Å²) >= 11 is 0. The second kappa shape index (κ2) is 10.0. The number of benzene rings is 2. The Hall–Kier alpha value is -3.91. The zero-order valence-electron chi connectivity index (χ0n) is 16.4. The summed E-state index contributed by atoms with van der Waals surface area (Å²) in [5.41, 5.74) is 8.94. The highest BCUT2D eigenvalue weighted by atomic mass is 16.7. The third-order valence-corrected chi connectivity index (χ3v) is 4.30. The minimum Gasteiger partial charge on any atom is -0.497 e. The number of amides is 2. The van der Waals surface area contributed by atoms with Gasteiger partial charge in [-0.2, -0.15) is 0 Å². The molecule has 0 aliphatic carbocycles. The van der Waals surface area contributed by atoms with Crippen molar-refractivity contribution in [1.82, 2.24) is 10.0 Å². The first-order valence-electron chi connectivity index (χ1n) is 9.16. The molecule has 0 spiro atoms. The molecule has 8 nitrogen and oxygen atoms in total. The number of nitrogen functional groups attached to an aromatic ring is 1. The van der Waals surface area contributed by atoms with Gasteiger partial charge >= 0.3 is 0 Å². The second-order valence-corrected chi connectivity index (χ2v) is 6.42. The summed E-state index contributed by atoms with van der Waals surface area (Å²) in [6.07, 6.45) is 3.95. The number of aromatic nitrogens is 1. The number of anilines is 2. The molecule has 154 valence electrons. The van der Waals surface area contributed by atoms with Crippen LogP contribution in [-0.2, 0) is 22.8 Å². The molecule has 1 heterocycles. The van der Waals surface area contributed by atoms with Gasteiger partial charge in [-0.15, -0.1) is 0 Å². The highest BCUT2D eigenvalue weighted by molar-refractivity contribution is 6.05. The average Bonchev–Trinajstić information content (AvgIpc) is 2.79. The van der Waals surface area contributed by atoms with E-state index in [4.69, 9.17) is 15.3 Å². The Morgan fingerprint density at radius 1 is 1.17 bits per heavy atom. The van der Waals surface area contributed by atoms with Crippen LogP contribution in [0.15, 0.2) is 67.0 Å². The van der Waals surface area contributed by atoms with Gasteiger partial charge in [0.1, 0.15) is 12.4 Å². The van der Waals surface area contributed by atoms with Crippen LogP contribution in [0.1, 0.15) is 21.5 Å². The van der Waals surface area contributed by atoms with Crippen LogP contribution in [0.25, 0.3) is 0 Å². The van der Waals surface area contributed by atoms with E-state index in [9.17, 15) is 9.59 Å². The van der Waals surface area contributed by atoms with E-state index in [1.165, 1.54) is 5.06 Å². The molecule has 2 aromatic carbocycles. The van der Waals surface area contributed by atoms with E-state index in [-0.39, 0.29) is 19.1 Å². The van der Waals surface area contributed by atoms with E-state index >= 15 is 0 Å². The zero-order chi connectivity index (χ0) is 21.3. The van der Waals surface area contributed by atoms with Crippen LogP contribution in [0.3, 0.4) is 0 Å². The summed E-state index contributed by atoms with van der Waals surface area (Å²) in [6.45, 7) is 0.476. The molecule has 0 aliphatic rings. The van der Waals surface area contributed by atoms with Crippen molar-refractivity contribution in [2.24, 2.45) is 0 Å². The highest BCUT2D eigenvalue weighted by Crippen LogP contribution is 2.25. The third kappa shape index (κ3) is 5.55. The molecule has 0 bridgehead atoms. The number of hydroxylamine groups is 2. The molecule has 2 amide bonds. The quantitative estimate of drug-likeness (QED) is 0.321. The largest absolute Gasteiger partial charge is 0.497 e. The first-order valence-corrected chi connectivity index (χ1v) is 9.16. The fourth-order valence-electron chi connectivity index (χ4n) is 2.66. The summed E-state index contributed by atoms with van der Waals surface area (Å²) in [5, 5.41) is 3.96. The number of carbonyl (C=O) groups excluding carboxylic acids is 2. The molecule has 0 saturated carbocycles. The molecule has 1 aromatic heterocycles. The molecule has 0 atom stereocenters. The van der Waals surface area contributed by atoms with Crippen LogP contribution in [-0.4, -0.2) is 29.5 Å². The Morgan fingerprint density at radius 2 is 1.97 bits per heavy atom. The number of nitrogens with one attached hydrogen (secondary N) is 1.